The Morgan fingerprint density at radius 3 is 2.50 bits per heavy atom. The molecule has 1 N–H and O–H groups in total. The molecule has 3 atom stereocenters. The zero-order valence-electron chi connectivity index (χ0n) is 10.4. The van der Waals surface area contributed by atoms with Gasteiger partial charge in [0.25, 0.3) is 5.91 Å². The van der Waals surface area contributed by atoms with Crippen LogP contribution in [0.4, 0.5) is 0 Å². The lowest BCUT2D eigenvalue weighted by Crippen LogP contribution is -2.39. The molecule has 4 nitrogen and oxygen atoms in total. The first-order valence-electron chi connectivity index (χ1n) is 5.24. The van der Waals surface area contributed by atoms with Crippen LogP contribution in [0.1, 0.15) is 13.8 Å². The fourth-order valence-corrected chi connectivity index (χ4v) is 1.35. The van der Waals surface area contributed by atoms with E-state index in [1.807, 2.05) is 13.0 Å². The van der Waals surface area contributed by atoms with Crippen molar-refractivity contribution in [1.29, 1.82) is 0 Å². The van der Waals surface area contributed by atoms with Crippen LogP contribution in [0.3, 0.4) is 0 Å². The van der Waals surface area contributed by atoms with Gasteiger partial charge >= 0.3 is 0 Å². The number of rotatable bonds is 6. The number of hydroxylamine groups is 2. The first kappa shape index (κ1) is 14.9. The second-order valence-corrected chi connectivity index (χ2v) is 3.78. The molecule has 16 heavy (non-hydrogen) atoms. The zero-order valence-corrected chi connectivity index (χ0v) is 10.4. The Bertz CT molecular complexity index is 263. The van der Waals surface area contributed by atoms with Gasteiger partial charge in [-0.05, 0) is 0 Å². The number of nitrogens with zero attached hydrogens (tertiary/aromatic N) is 1. The van der Waals surface area contributed by atoms with Crippen LogP contribution >= 0.6 is 0 Å². The maximum Gasteiger partial charge on any atom is 0.251 e. The molecule has 0 spiro atoms. The van der Waals surface area contributed by atoms with Crippen LogP contribution in [-0.2, 0) is 9.63 Å². The topological polar surface area (TPSA) is 49.8 Å². The van der Waals surface area contributed by atoms with Crippen molar-refractivity contribution in [3.63, 3.8) is 0 Å². The number of carbonyl (C=O) groups is 1. The lowest BCUT2D eigenvalue weighted by Gasteiger charge is -2.25. The van der Waals surface area contributed by atoms with E-state index in [0.717, 1.165) is 5.06 Å². The number of carbonyl (C=O) groups excluding carboxylic acids is 1. The fourth-order valence-electron chi connectivity index (χ4n) is 1.35. The molecule has 0 aromatic carbocycles. The van der Waals surface area contributed by atoms with Gasteiger partial charge in [-0.2, -0.15) is 0 Å². The predicted molar refractivity (Wildman–Crippen MR) is 63.5 cm³/mol. The van der Waals surface area contributed by atoms with Crippen LogP contribution < -0.4 is 0 Å². The van der Waals surface area contributed by atoms with Crippen LogP contribution in [0.15, 0.2) is 24.8 Å². The van der Waals surface area contributed by atoms with Crippen LogP contribution in [0.2, 0.25) is 0 Å². The molecule has 0 aromatic heterocycles. The first-order chi connectivity index (χ1) is 7.45. The molecular formula is C12H21NO3. The summed E-state index contributed by atoms with van der Waals surface area (Å²) in [5.41, 5.74) is 0. The Morgan fingerprint density at radius 2 is 2.06 bits per heavy atom. The van der Waals surface area contributed by atoms with Gasteiger partial charge in [0.2, 0.25) is 0 Å². The fraction of sp³-hybridized carbons (Fsp3) is 0.583. The van der Waals surface area contributed by atoms with Crippen molar-refractivity contribution < 1.29 is 14.7 Å². The van der Waals surface area contributed by atoms with Crippen LogP contribution in [-0.4, -0.2) is 36.3 Å². The maximum absolute atomic E-state index is 11.7. The van der Waals surface area contributed by atoms with Gasteiger partial charge < -0.3 is 5.11 Å². The average molecular weight is 227 g/mol. The maximum atomic E-state index is 11.7. The summed E-state index contributed by atoms with van der Waals surface area (Å²) in [6.45, 7) is 7.08. The highest BCUT2D eigenvalue weighted by Crippen LogP contribution is 2.16. The van der Waals surface area contributed by atoms with E-state index in [-0.39, 0.29) is 11.8 Å². The number of aliphatic hydroxyl groups excluding tert-OH is 1. The summed E-state index contributed by atoms with van der Waals surface area (Å²) in [6.07, 6.45) is 4.47. The monoisotopic (exact) mass is 227 g/mol. The molecule has 1 unspecified atom stereocenters. The van der Waals surface area contributed by atoms with Gasteiger partial charge in [0, 0.05) is 13.0 Å². The summed E-state index contributed by atoms with van der Waals surface area (Å²) >= 11 is 0. The second kappa shape index (κ2) is 7.19. The number of hydrogen-bond acceptors (Lipinski definition) is 3. The highest BCUT2D eigenvalue weighted by atomic mass is 16.7. The lowest BCUT2D eigenvalue weighted by molar-refractivity contribution is -0.176. The molecule has 1 amide bonds. The van der Waals surface area contributed by atoms with E-state index in [0.29, 0.717) is 0 Å². The van der Waals surface area contributed by atoms with Gasteiger partial charge in [-0.25, -0.2) is 5.06 Å². The van der Waals surface area contributed by atoms with Gasteiger partial charge in [0.15, 0.2) is 0 Å². The smallest absolute Gasteiger partial charge is 0.251 e. The number of hydrogen-bond donors (Lipinski definition) is 1. The summed E-state index contributed by atoms with van der Waals surface area (Å²) in [7, 11) is 2.94. The Balaban J connectivity index is 4.47. The first-order valence-corrected chi connectivity index (χ1v) is 5.24. The van der Waals surface area contributed by atoms with E-state index >= 15 is 0 Å². The summed E-state index contributed by atoms with van der Waals surface area (Å²) in [6, 6.07) is 0. The zero-order chi connectivity index (χ0) is 12.7. The lowest BCUT2D eigenvalue weighted by atomic mass is 9.92. The Kier molecular flexibility index (Phi) is 6.69. The highest BCUT2D eigenvalue weighted by Gasteiger charge is 2.27. The minimum Gasteiger partial charge on any atom is -0.392 e. The van der Waals surface area contributed by atoms with Gasteiger partial charge in [-0.15, -0.1) is 0 Å². The van der Waals surface area contributed by atoms with Gasteiger partial charge in [0.05, 0.1) is 19.1 Å². The van der Waals surface area contributed by atoms with Gasteiger partial charge in [0.1, 0.15) is 0 Å². The molecule has 0 saturated carbocycles. The van der Waals surface area contributed by atoms with E-state index in [9.17, 15) is 9.90 Å². The van der Waals surface area contributed by atoms with Crippen molar-refractivity contribution in [2.24, 2.45) is 11.8 Å². The molecule has 0 aliphatic heterocycles. The van der Waals surface area contributed by atoms with Crippen molar-refractivity contribution in [2.45, 2.75) is 20.0 Å². The standard InChI is InChI=1S/C12H21NO3/c1-6-7-8-9(2)11(14)10(3)12(15)13(4)16-5/h6-11,14H,1H2,2-5H3/b8-7-/t9?,10-,11+/m1/s1. The third kappa shape index (κ3) is 4.16. The number of allylic oxidation sites excluding steroid dienone is 2. The van der Waals surface area contributed by atoms with E-state index in [4.69, 9.17) is 4.84 Å². The molecule has 0 saturated heterocycles. The third-order valence-electron chi connectivity index (χ3n) is 2.58. The molecule has 0 radical (unpaired) electrons. The van der Waals surface area contributed by atoms with Crippen LogP contribution in [0.5, 0.6) is 0 Å². The molecule has 4 heteroatoms. The largest absolute Gasteiger partial charge is 0.392 e. The predicted octanol–water partition coefficient (Wildman–Crippen LogP) is 1.38. The van der Waals surface area contributed by atoms with E-state index in [1.165, 1.54) is 14.2 Å². The normalized spacial score (nSPS) is 16.8. The van der Waals surface area contributed by atoms with E-state index in [2.05, 4.69) is 6.58 Å². The van der Waals surface area contributed by atoms with Gasteiger partial charge in [-0.3, -0.25) is 9.63 Å². The summed E-state index contributed by atoms with van der Waals surface area (Å²) in [4.78, 5) is 16.5. The second-order valence-electron chi connectivity index (χ2n) is 3.78. The molecule has 0 heterocycles. The summed E-state index contributed by atoms with van der Waals surface area (Å²) in [5, 5.41) is 11.1. The number of aliphatic hydroxyl groups is 1. The molecular weight excluding hydrogens is 206 g/mol. The molecule has 0 bridgehead atoms. The highest BCUT2D eigenvalue weighted by molar-refractivity contribution is 5.77. The quantitative estimate of drug-likeness (QED) is 0.551. The molecule has 0 aliphatic carbocycles. The Morgan fingerprint density at radius 1 is 1.50 bits per heavy atom. The molecule has 0 rings (SSSR count). The SMILES string of the molecule is C=C/C=C\C(C)[C@H](O)[C@@H](C)C(=O)N(C)OC. The third-order valence-corrected chi connectivity index (χ3v) is 2.58. The van der Waals surface area contributed by atoms with Crippen LogP contribution in [0, 0.1) is 11.8 Å². The van der Waals surface area contributed by atoms with Crippen molar-refractivity contribution in [2.75, 3.05) is 14.2 Å². The van der Waals surface area contributed by atoms with Crippen molar-refractivity contribution >= 4 is 5.91 Å². The molecule has 92 valence electrons. The molecule has 0 fully saturated rings. The Hall–Kier alpha value is -1.13. The average Bonchev–Trinajstić information content (AvgIpc) is 2.31. The van der Waals surface area contributed by atoms with Crippen molar-refractivity contribution in [1.82, 2.24) is 5.06 Å². The minimum absolute atomic E-state index is 0.109. The van der Waals surface area contributed by atoms with Crippen molar-refractivity contribution in [3.8, 4) is 0 Å². The molecule has 0 aliphatic rings. The summed E-state index contributed by atoms with van der Waals surface area (Å²) < 4.78 is 0. The van der Waals surface area contributed by atoms with Crippen LogP contribution in [0.25, 0.3) is 0 Å². The van der Waals surface area contributed by atoms with Gasteiger partial charge in [-0.1, -0.05) is 38.7 Å². The minimum atomic E-state index is -0.735. The number of amides is 1. The van der Waals surface area contributed by atoms with E-state index in [1.54, 1.807) is 19.1 Å². The van der Waals surface area contributed by atoms with E-state index < -0.39 is 12.0 Å². The van der Waals surface area contributed by atoms with Crippen molar-refractivity contribution in [3.05, 3.63) is 24.8 Å². The molecule has 0 aromatic rings. The summed E-state index contributed by atoms with van der Waals surface area (Å²) in [5.74, 6) is -0.856. The Labute approximate surface area is 97.2 Å².